The first kappa shape index (κ1) is 13.3. The summed E-state index contributed by atoms with van der Waals surface area (Å²) in [6.45, 7) is -0.0220. The highest BCUT2D eigenvalue weighted by molar-refractivity contribution is 5.97. The number of nitrogens with two attached hydrogens (primary N) is 1. The molecule has 3 N–H and O–H groups in total. The molecule has 2 aliphatic rings. The van der Waals surface area contributed by atoms with Gasteiger partial charge in [0.25, 0.3) is 11.8 Å². The summed E-state index contributed by atoms with van der Waals surface area (Å²) in [4.78, 5) is 15.9. The van der Waals surface area contributed by atoms with Gasteiger partial charge in [0.1, 0.15) is 0 Å². The van der Waals surface area contributed by atoms with E-state index in [1.54, 1.807) is 12.1 Å². The fourth-order valence-corrected chi connectivity index (χ4v) is 3.05. The molecule has 1 aliphatic heterocycles. The molecule has 1 amide bonds. The van der Waals surface area contributed by atoms with Gasteiger partial charge in [0.05, 0.1) is 16.8 Å². The number of aromatic nitrogens is 2. The summed E-state index contributed by atoms with van der Waals surface area (Å²) in [6, 6.07) is 5.40. The number of nitrogens with one attached hydrogen (secondary N) is 1. The Balaban J connectivity index is 1.73. The molecule has 0 spiro atoms. The Bertz CT molecular complexity index is 734. The lowest BCUT2D eigenvalue weighted by atomic mass is 9.98. The first-order valence-electron chi connectivity index (χ1n) is 7.35. The maximum atomic E-state index is 11.4. The zero-order chi connectivity index (χ0) is 15.2. The highest BCUT2D eigenvalue weighted by atomic mass is 16.5. The summed E-state index contributed by atoms with van der Waals surface area (Å²) in [6.07, 6.45) is 3.89. The summed E-state index contributed by atoms with van der Waals surface area (Å²) in [5.74, 6) is 1.27. The second-order valence-electron chi connectivity index (χ2n) is 5.81. The van der Waals surface area contributed by atoms with Crippen molar-refractivity contribution < 1.29 is 14.1 Å². The van der Waals surface area contributed by atoms with Crippen molar-refractivity contribution in [1.29, 1.82) is 0 Å². The van der Waals surface area contributed by atoms with E-state index in [4.69, 9.17) is 15.0 Å². The fraction of sp³-hybridized carbons (Fsp3) is 0.400. The monoisotopic (exact) mass is 300 g/mol. The Morgan fingerprint density at radius 1 is 1.27 bits per heavy atom. The van der Waals surface area contributed by atoms with E-state index in [9.17, 15) is 4.79 Å². The lowest BCUT2D eigenvalue weighted by Crippen LogP contribution is -2.34. The molecule has 0 saturated heterocycles. The summed E-state index contributed by atoms with van der Waals surface area (Å²) in [5, 5.41) is 6.82. The minimum atomic E-state index is -0.494. The number of amides is 1. The minimum Gasteiger partial charge on any atom is -0.481 e. The van der Waals surface area contributed by atoms with E-state index in [1.807, 2.05) is 6.07 Å². The molecule has 0 atom stereocenters. The largest absolute Gasteiger partial charge is 0.481 e. The van der Waals surface area contributed by atoms with Crippen LogP contribution in [-0.2, 0) is 10.3 Å². The number of hydrogen-bond donors (Lipinski definition) is 2. The van der Waals surface area contributed by atoms with Crippen molar-refractivity contribution in [2.75, 3.05) is 11.9 Å². The molecule has 0 bridgehead atoms. The Labute approximate surface area is 126 Å². The molecule has 114 valence electrons. The highest BCUT2D eigenvalue weighted by Gasteiger charge is 2.36. The first-order chi connectivity index (χ1) is 10.7. The summed E-state index contributed by atoms with van der Waals surface area (Å²) >= 11 is 0. The number of carbonyl (C=O) groups excluding carboxylic acids is 1. The molecule has 2 aromatic rings. The number of fused-ring (bicyclic) bond motifs is 1. The van der Waals surface area contributed by atoms with Crippen LogP contribution in [0.4, 0.5) is 5.69 Å². The maximum Gasteiger partial charge on any atom is 0.262 e. The van der Waals surface area contributed by atoms with Crippen molar-refractivity contribution in [2.45, 2.75) is 31.2 Å². The third-order valence-electron chi connectivity index (χ3n) is 4.23. The molecular weight excluding hydrogens is 284 g/mol. The number of hydrogen-bond acceptors (Lipinski definition) is 6. The lowest BCUT2D eigenvalue weighted by Gasteiger charge is -2.19. The molecule has 2 heterocycles. The van der Waals surface area contributed by atoms with Crippen LogP contribution in [-0.4, -0.2) is 22.7 Å². The molecule has 0 unspecified atom stereocenters. The fourth-order valence-electron chi connectivity index (χ4n) is 3.05. The smallest absolute Gasteiger partial charge is 0.262 e. The highest BCUT2D eigenvalue weighted by Crippen LogP contribution is 2.39. The van der Waals surface area contributed by atoms with E-state index in [1.165, 1.54) is 0 Å². The van der Waals surface area contributed by atoms with Gasteiger partial charge in [-0.2, -0.15) is 4.98 Å². The van der Waals surface area contributed by atoms with Gasteiger partial charge in [0, 0.05) is 0 Å². The van der Waals surface area contributed by atoms with E-state index in [0.29, 0.717) is 28.7 Å². The topological polar surface area (TPSA) is 103 Å². The van der Waals surface area contributed by atoms with Gasteiger partial charge in [0.15, 0.2) is 18.2 Å². The van der Waals surface area contributed by atoms with Gasteiger partial charge in [-0.3, -0.25) is 4.79 Å². The first-order valence-corrected chi connectivity index (χ1v) is 7.35. The lowest BCUT2D eigenvalue weighted by molar-refractivity contribution is -0.118. The molecule has 4 rings (SSSR count). The molecule has 1 aromatic heterocycles. The predicted molar refractivity (Wildman–Crippen MR) is 78.2 cm³/mol. The number of rotatable bonds is 2. The van der Waals surface area contributed by atoms with E-state index in [2.05, 4.69) is 15.5 Å². The number of carbonyl (C=O) groups is 1. The third kappa shape index (κ3) is 2.05. The molecular formula is C15H16N4O3. The van der Waals surface area contributed by atoms with Crippen LogP contribution >= 0.6 is 0 Å². The van der Waals surface area contributed by atoms with E-state index in [-0.39, 0.29) is 12.5 Å². The second kappa shape index (κ2) is 4.81. The third-order valence-corrected chi connectivity index (χ3v) is 4.23. The van der Waals surface area contributed by atoms with E-state index < -0.39 is 5.54 Å². The van der Waals surface area contributed by atoms with Crippen molar-refractivity contribution in [3.63, 3.8) is 0 Å². The SMILES string of the molecule is NC1(c2noc(-c3cccc4c3OCC(=O)N4)n2)CCCC1. The van der Waals surface area contributed by atoms with Crippen LogP contribution in [0.2, 0.25) is 0 Å². The van der Waals surface area contributed by atoms with Crippen LogP contribution in [0.15, 0.2) is 22.7 Å². The Kier molecular flexibility index (Phi) is 2.90. The Morgan fingerprint density at radius 3 is 2.91 bits per heavy atom. The molecule has 1 aliphatic carbocycles. The van der Waals surface area contributed by atoms with Crippen molar-refractivity contribution in [1.82, 2.24) is 10.1 Å². The number of anilines is 1. The maximum absolute atomic E-state index is 11.4. The number of para-hydroxylation sites is 1. The van der Waals surface area contributed by atoms with Crippen molar-refractivity contribution in [3.8, 4) is 17.2 Å². The van der Waals surface area contributed by atoms with Gasteiger partial charge in [-0.15, -0.1) is 0 Å². The summed E-state index contributed by atoms with van der Waals surface area (Å²) < 4.78 is 10.9. The molecule has 22 heavy (non-hydrogen) atoms. The minimum absolute atomic E-state index is 0.0220. The molecule has 1 saturated carbocycles. The van der Waals surface area contributed by atoms with Crippen LogP contribution in [0.1, 0.15) is 31.5 Å². The van der Waals surface area contributed by atoms with E-state index >= 15 is 0 Å². The van der Waals surface area contributed by atoms with E-state index in [0.717, 1.165) is 25.7 Å². The van der Waals surface area contributed by atoms with Crippen molar-refractivity contribution in [3.05, 3.63) is 24.0 Å². The Morgan fingerprint density at radius 2 is 2.09 bits per heavy atom. The summed E-state index contributed by atoms with van der Waals surface area (Å²) in [5.41, 5.74) is 7.13. The molecule has 7 nitrogen and oxygen atoms in total. The van der Waals surface area contributed by atoms with Gasteiger partial charge in [-0.1, -0.05) is 24.1 Å². The van der Waals surface area contributed by atoms with Gasteiger partial charge >= 0.3 is 0 Å². The van der Waals surface area contributed by atoms with Crippen LogP contribution in [0.25, 0.3) is 11.5 Å². The average Bonchev–Trinajstić information content (AvgIpc) is 3.16. The molecule has 1 fully saturated rings. The number of benzene rings is 1. The predicted octanol–water partition coefficient (Wildman–Crippen LogP) is 1.80. The van der Waals surface area contributed by atoms with Gasteiger partial charge < -0.3 is 20.3 Å². The number of ether oxygens (including phenoxy) is 1. The quantitative estimate of drug-likeness (QED) is 0.876. The van der Waals surface area contributed by atoms with Gasteiger partial charge in [0.2, 0.25) is 0 Å². The van der Waals surface area contributed by atoms with Crippen molar-refractivity contribution in [2.24, 2.45) is 5.73 Å². The van der Waals surface area contributed by atoms with Crippen molar-refractivity contribution >= 4 is 11.6 Å². The van der Waals surface area contributed by atoms with Crippen LogP contribution < -0.4 is 15.8 Å². The van der Waals surface area contributed by atoms with Gasteiger partial charge in [-0.25, -0.2) is 0 Å². The number of nitrogens with zero attached hydrogens (tertiary/aromatic N) is 2. The van der Waals surface area contributed by atoms with Crippen LogP contribution in [0.5, 0.6) is 5.75 Å². The van der Waals surface area contributed by atoms with Crippen LogP contribution in [0.3, 0.4) is 0 Å². The zero-order valence-corrected chi connectivity index (χ0v) is 12.0. The molecule has 0 radical (unpaired) electrons. The second-order valence-corrected chi connectivity index (χ2v) is 5.81. The summed E-state index contributed by atoms with van der Waals surface area (Å²) in [7, 11) is 0. The molecule has 1 aromatic carbocycles. The normalized spacial score (nSPS) is 19.4. The van der Waals surface area contributed by atoms with Gasteiger partial charge in [-0.05, 0) is 25.0 Å². The standard InChI is InChI=1S/C15H16N4O3/c16-15(6-1-2-7-15)14-18-13(22-19-14)9-4-3-5-10-12(9)21-8-11(20)17-10/h3-5H,1-2,6-8,16H2,(H,17,20). The average molecular weight is 300 g/mol. The Hall–Kier alpha value is -2.41. The van der Waals surface area contributed by atoms with Crippen LogP contribution in [0, 0.1) is 0 Å². The molecule has 7 heteroatoms. The zero-order valence-electron chi connectivity index (χ0n) is 12.0.